The van der Waals surface area contributed by atoms with Crippen molar-refractivity contribution in [1.29, 1.82) is 5.41 Å². The van der Waals surface area contributed by atoms with Gasteiger partial charge < -0.3 is 10.4 Å². The Labute approximate surface area is 71.4 Å². The molecular weight excluding hydrogens is 243 g/mol. The van der Waals surface area contributed by atoms with Crippen LogP contribution >= 0.6 is 22.6 Å². The SMILES string of the molecule is N=Cc1[nH]cnc1/N=C\I. The Hall–Kier alpha value is -0.720. The van der Waals surface area contributed by atoms with Gasteiger partial charge in [-0.05, 0) is 22.6 Å². The molecule has 4 nitrogen and oxygen atoms in total. The van der Waals surface area contributed by atoms with Gasteiger partial charge in [-0.25, -0.2) is 9.98 Å². The first-order valence-corrected chi connectivity index (χ1v) is 3.79. The number of aromatic amines is 1. The molecule has 0 aromatic carbocycles. The zero-order valence-corrected chi connectivity index (χ0v) is 7.16. The number of hydrogen-bond acceptors (Lipinski definition) is 3. The molecule has 0 fully saturated rings. The molecular formula is C5H5IN4. The molecule has 0 bridgehead atoms. The average Bonchev–Trinajstić information content (AvgIpc) is 2.36. The molecule has 0 saturated carbocycles. The maximum Gasteiger partial charge on any atom is 0.179 e. The lowest BCUT2D eigenvalue weighted by atomic mass is 10.5. The quantitative estimate of drug-likeness (QED) is 0.604. The fraction of sp³-hybridized carbons (Fsp3) is 0. The third kappa shape index (κ3) is 1.41. The minimum Gasteiger partial charge on any atom is -0.342 e. The van der Waals surface area contributed by atoms with Gasteiger partial charge in [-0.1, -0.05) is 0 Å². The number of imidazole rings is 1. The largest absolute Gasteiger partial charge is 0.342 e. The van der Waals surface area contributed by atoms with E-state index in [0.717, 1.165) is 0 Å². The van der Waals surface area contributed by atoms with E-state index in [0.29, 0.717) is 11.5 Å². The second-order valence-electron chi connectivity index (χ2n) is 1.51. The summed E-state index contributed by atoms with van der Waals surface area (Å²) < 4.78 is 1.61. The fourth-order valence-corrected chi connectivity index (χ4v) is 0.816. The highest BCUT2D eigenvalue weighted by Crippen LogP contribution is 2.09. The predicted octanol–water partition coefficient (Wildman–Crippen LogP) is 1.50. The molecule has 0 spiro atoms. The minimum atomic E-state index is 0.560. The Morgan fingerprint density at radius 1 is 1.80 bits per heavy atom. The van der Waals surface area contributed by atoms with E-state index in [-0.39, 0.29) is 0 Å². The van der Waals surface area contributed by atoms with Crippen LogP contribution in [0.5, 0.6) is 0 Å². The highest BCUT2D eigenvalue weighted by Gasteiger charge is 1.97. The summed E-state index contributed by atoms with van der Waals surface area (Å²) in [4.78, 5) is 10.5. The fourth-order valence-electron chi connectivity index (χ4n) is 0.552. The van der Waals surface area contributed by atoms with E-state index in [1.807, 2.05) is 22.6 Å². The van der Waals surface area contributed by atoms with Crippen LogP contribution in [0.25, 0.3) is 0 Å². The molecule has 0 aliphatic carbocycles. The van der Waals surface area contributed by atoms with Crippen molar-refractivity contribution in [2.75, 3.05) is 0 Å². The van der Waals surface area contributed by atoms with Gasteiger partial charge in [-0.2, -0.15) is 0 Å². The van der Waals surface area contributed by atoms with Crippen LogP contribution in [0, 0.1) is 5.41 Å². The van der Waals surface area contributed by atoms with Crippen LogP contribution in [-0.2, 0) is 0 Å². The maximum atomic E-state index is 6.91. The molecule has 10 heavy (non-hydrogen) atoms. The maximum absolute atomic E-state index is 6.91. The summed E-state index contributed by atoms with van der Waals surface area (Å²) in [5.41, 5.74) is 0.632. The zero-order valence-electron chi connectivity index (χ0n) is 5.00. The lowest BCUT2D eigenvalue weighted by Gasteiger charge is -1.83. The van der Waals surface area contributed by atoms with Gasteiger partial charge in [0.15, 0.2) is 5.82 Å². The molecule has 0 amide bonds. The second-order valence-corrected chi connectivity index (χ2v) is 2.07. The Balaban J connectivity index is 3.00. The molecule has 0 radical (unpaired) electrons. The smallest absolute Gasteiger partial charge is 0.179 e. The molecule has 0 saturated heterocycles. The van der Waals surface area contributed by atoms with Gasteiger partial charge in [-0.3, -0.25) is 0 Å². The highest BCUT2D eigenvalue weighted by molar-refractivity contribution is 14.1. The first-order valence-electron chi connectivity index (χ1n) is 2.55. The molecule has 0 aliphatic heterocycles. The van der Waals surface area contributed by atoms with Crippen LogP contribution in [0.2, 0.25) is 0 Å². The number of nitrogens with one attached hydrogen (secondary N) is 2. The summed E-state index contributed by atoms with van der Waals surface area (Å²) in [5.74, 6) is 0.560. The van der Waals surface area contributed by atoms with Crippen molar-refractivity contribution in [2.45, 2.75) is 0 Å². The number of nitrogens with zero attached hydrogens (tertiary/aromatic N) is 2. The molecule has 0 unspecified atom stereocenters. The molecule has 0 atom stereocenters. The van der Waals surface area contributed by atoms with Crippen molar-refractivity contribution in [3.05, 3.63) is 12.0 Å². The Morgan fingerprint density at radius 3 is 3.20 bits per heavy atom. The Kier molecular flexibility index (Phi) is 2.55. The number of halogens is 1. The van der Waals surface area contributed by atoms with Gasteiger partial charge in [0, 0.05) is 6.21 Å². The summed E-state index contributed by atoms with van der Waals surface area (Å²) in [6, 6.07) is 0. The molecule has 5 heteroatoms. The van der Waals surface area contributed by atoms with Crippen LogP contribution in [0.3, 0.4) is 0 Å². The van der Waals surface area contributed by atoms with Crippen LogP contribution in [0.4, 0.5) is 5.82 Å². The van der Waals surface area contributed by atoms with Crippen molar-refractivity contribution in [3.8, 4) is 0 Å². The van der Waals surface area contributed by atoms with Crippen molar-refractivity contribution >= 4 is 38.8 Å². The molecule has 1 heterocycles. The van der Waals surface area contributed by atoms with Gasteiger partial charge in [0.25, 0.3) is 0 Å². The molecule has 0 aliphatic rings. The van der Waals surface area contributed by atoms with Crippen LogP contribution in [0.1, 0.15) is 5.69 Å². The normalized spacial score (nSPS) is 10.5. The first kappa shape index (κ1) is 7.39. The van der Waals surface area contributed by atoms with Crippen molar-refractivity contribution < 1.29 is 0 Å². The monoisotopic (exact) mass is 248 g/mol. The van der Waals surface area contributed by atoms with E-state index in [1.54, 1.807) is 4.22 Å². The van der Waals surface area contributed by atoms with Gasteiger partial charge >= 0.3 is 0 Å². The average molecular weight is 248 g/mol. The van der Waals surface area contributed by atoms with E-state index in [9.17, 15) is 0 Å². The minimum absolute atomic E-state index is 0.560. The molecule has 1 rings (SSSR count). The lowest BCUT2D eigenvalue weighted by molar-refractivity contribution is 1.30. The summed E-state index contributed by atoms with van der Waals surface area (Å²) in [6.07, 6.45) is 2.70. The standard InChI is InChI=1S/C5H5IN4/c6-2-8-5-4(1-7)9-3-10-5/h1-3,7H,(H,9,10)/b7-1?,8-2-. The molecule has 2 N–H and O–H groups in total. The molecule has 1 aromatic rings. The summed E-state index contributed by atoms with van der Waals surface area (Å²) in [5, 5.41) is 6.91. The third-order valence-electron chi connectivity index (χ3n) is 0.963. The van der Waals surface area contributed by atoms with Gasteiger partial charge in [-0.15, -0.1) is 0 Å². The number of aromatic nitrogens is 2. The summed E-state index contributed by atoms with van der Waals surface area (Å²) in [7, 11) is 0. The summed E-state index contributed by atoms with van der Waals surface area (Å²) >= 11 is 2.00. The number of rotatable bonds is 2. The van der Waals surface area contributed by atoms with Crippen molar-refractivity contribution in [1.82, 2.24) is 9.97 Å². The number of H-pyrrole nitrogens is 1. The topological polar surface area (TPSA) is 64.9 Å². The van der Waals surface area contributed by atoms with Crippen LogP contribution in [0.15, 0.2) is 11.3 Å². The van der Waals surface area contributed by atoms with E-state index in [4.69, 9.17) is 5.41 Å². The lowest BCUT2D eigenvalue weighted by Crippen LogP contribution is -1.77. The van der Waals surface area contributed by atoms with E-state index in [2.05, 4.69) is 15.0 Å². The molecule has 52 valence electrons. The first-order chi connectivity index (χ1) is 4.88. The zero-order chi connectivity index (χ0) is 7.40. The van der Waals surface area contributed by atoms with Gasteiger partial charge in [0.2, 0.25) is 0 Å². The predicted molar refractivity (Wildman–Crippen MR) is 48.6 cm³/mol. The van der Waals surface area contributed by atoms with E-state index >= 15 is 0 Å². The van der Waals surface area contributed by atoms with Crippen LogP contribution in [-0.4, -0.2) is 20.4 Å². The second kappa shape index (κ2) is 3.45. The van der Waals surface area contributed by atoms with Gasteiger partial charge in [0.05, 0.1) is 10.5 Å². The van der Waals surface area contributed by atoms with E-state index < -0.39 is 0 Å². The molecule has 1 aromatic heterocycles. The van der Waals surface area contributed by atoms with Gasteiger partial charge in [0.1, 0.15) is 5.69 Å². The Bertz CT molecular complexity index is 252. The number of aliphatic imine (C=N–C) groups is 1. The summed E-state index contributed by atoms with van der Waals surface area (Å²) in [6.45, 7) is 0. The van der Waals surface area contributed by atoms with Crippen molar-refractivity contribution in [2.24, 2.45) is 4.99 Å². The number of hydrogen-bond donors (Lipinski definition) is 2. The van der Waals surface area contributed by atoms with Crippen LogP contribution < -0.4 is 0 Å². The Morgan fingerprint density at radius 2 is 2.60 bits per heavy atom. The van der Waals surface area contributed by atoms with Crippen molar-refractivity contribution in [3.63, 3.8) is 0 Å². The third-order valence-corrected chi connectivity index (χ3v) is 1.24. The highest BCUT2D eigenvalue weighted by atomic mass is 127. The van der Waals surface area contributed by atoms with E-state index in [1.165, 1.54) is 12.5 Å².